The molecule has 0 fully saturated rings. The maximum Gasteiger partial charge on any atom is 0.243 e. The number of amides is 2. The molecule has 1 aliphatic heterocycles. The van der Waals surface area contributed by atoms with Gasteiger partial charge in [0, 0.05) is 30.5 Å². The van der Waals surface area contributed by atoms with Crippen molar-refractivity contribution in [2.45, 2.75) is 58.2 Å². The molecule has 0 unspecified atom stereocenters. The summed E-state index contributed by atoms with van der Waals surface area (Å²) < 4.78 is 11.3. The van der Waals surface area contributed by atoms with E-state index in [4.69, 9.17) is 21.1 Å². The van der Waals surface area contributed by atoms with Crippen molar-refractivity contribution in [2.75, 3.05) is 13.2 Å². The summed E-state index contributed by atoms with van der Waals surface area (Å²) in [5.74, 6) is 1.14. The van der Waals surface area contributed by atoms with E-state index in [9.17, 15) is 9.59 Å². The molecule has 2 amide bonds. The van der Waals surface area contributed by atoms with Crippen molar-refractivity contribution >= 4 is 23.4 Å². The van der Waals surface area contributed by atoms with Gasteiger partial charge < -0.3 is 19.7 Å². The van der Waals surface area contributed by atoms with Crippen LogP contribution in [0.25, 0.3) is 0 Å². The quantitative estimate of drug-likeness (QED) is 0.348. The van der Waals surface area contributed by atoms with Crippen molar-refractivity contribution in [1.82, 2.24) is 10.2 Å². The molecule has 0 spiro atoms. The van der Waals surface area contributed by atoms with Crippen LogP contribution in [0.15, 0.2) is 72.8 Å². The van der Waals surface area contributed by atoms with Crippen molar-refractivity contribution in [1.29, 1.82) is 0 Å². The molecule has 4 rings (SSSR count). The van der Waals surface area contributed by atoms with Gasteiger partial charge in [0.1, 0.15) is 19.3 Å². The van der Waals surface area contributed by atoms with Gasteiger partial charge in [-0.25, -0.2) is 0 Å². The molecule has 38 heavy (non-hydrogen) atoms. The monoisotopic (exact) mass is 534 g/mol. The molecule has 1 heterocycles. The first-order valence-electron chi connectivity index (χ1n) is 13.2. The first kappa shape index (κ1) is 27.5. The number of nitrogens with one attached hydrogen (secondary N) is 1. The number of hydrogen-bond acceptors (Lipinski definition) is 4. The number of carbonyl (C=O) groups excluding carboxylic acids is 2. The molecule has 0 saturated carbocycles. The summed E-state index contributed by atoms with van der Waals surface area (Å²) in [6.07, 6.45) is 1.96. The summed E-state index contributed by atoms with van der Waals surface area (Å²) in [5.41, 5.74) is 2.76. The zero-order chi connectivity index (χ0) is 26.9. The van der Waals surface area contributed by atoms with Crippen LogP contribution in [0.2, 0.25) is 5.02 Å². The minimum atomic E-state index is -0.685. The van der Waals surface area contributed by atoms with E-state index >= 15 is 0 Å². The smallest absolute Gasteiger partial charge is 0.243 e. The van der Waals surface area contributed by atoms with Crippen LogP contribution in [-0.2, 0) is 29.0 Å². The second kappa shape index (κ2) is 13.3. The molecule has 200 valence electrons. The van der Waals surface area contributed by atoms with E-state index in [1.807, 2.05) is 80.6 Å². The summed E-state index contributed by atoms with van der Waals surface area (Å²) in [5, 5.41) is 3.66. The third-order valence-corrected chi connectivity index (χ3v) is 7.17. The van der Waals surface area contributed by atoms with Crippen molar-refractivity contribution in [3.8, 4) is 11.5 Å². The van der Waals surface area contributed by atoms with E-state index in [-0.39, 0.29) is 30.8 Å². The van der Waals surface area contributed by atoms with Gasteiger partial charge in [0.05, 0.1) is 0 Å². The Morgan fingerprint density at radius 1 is 0.947 bits per heavy atom. The average molecular weight is 535 g/mol. The lowest BCUT2D eigenvalue weighted by atomic mass is 10.0. The van der Waals surface area contributed by atoms with Crippen LogP contribution in [0, 0.1) is 0 Å². The summed E-state index contributed by atoms with van der Waals surface area (Å²) in [6.45, 7) is 5.28. The highest BCUT2D eigenvalue weighted by Crippen LogP contribution is 2.31. The van der Waals surface area contributed by atoms with Gasteiger partial charge in [-0.3, -0.25) is 9.59 Å². The van der Waals surface area contributed by atoms with E-state index in [1.54, 1.807) is 11.0 Å². The van der Waals surface area contributed by atoms with Crippen LogP contribution in [0.3, 0.4) is 0 Å². The second-order valence-electron chi connectivity index (χ2n) is 9.61. The zero-order valence-corrected chi connectivity index (χ0v) is 22.7. The predicted octanol–water partition coefficient (Wildman–Crippen LogP) is 5.60. The maximum atomic E-state index is 13.9. The normalized spacial score (nSPS) is 13.9. The lowest BCUT2D eigenvalue weighted by molar-refractivity contribution is -0.141. The zero-order valence-electron chi connectivity index (χ0n) is 22.0. The first-order chi connectivity index (χ1) is 18.4. The second-order valence-corrected chi connectivity index (χ2v) is 10.0. The Bertz CT molecular complexity index is 1230. The number of hydrogen-bond donors (Lipinski definition) is 1. The van der Waals surface area contributed by atoms with Gasteiger partial charge in [-0.15, -0.1) is 0 Å². The molecule has 0 saturated heterocycles. The van der Waals surface area contributed by atoms with E-state index in [1.165, 1.54) is 0 Å². The minimum Gasteiger partial charge on any atom is -0.486 e. The van der Waals surface area contributed by atoms with Crippen molar-refractivity contribution in [2.24, 2.45) is 0 Å². The molecule has 0 bridgehead atoms. The van der Waals surface area contributed by atoms with E-state index in [0.717, 1.165) is 28.9 Å². The maximum absolute atomic E-state index is 13.9. The van der Waals surface area contributed by atoms with Crippen LogP contribution >= 0.6 is 11.6 Å². The molecule has 3 aromatic rings. The fraction of sp³-hybridized carbons (Fsp3) is 0.355. The van der Waals surface area contributed by atoms with Gasteiger partial charge in [0.25, 0.3) is 0 Å². The highest BCUT2D eigenvalue weighted by Gasteiger charge is 2.31. The number of ether oxygens (including phenoxy) is 2. The Kier molecular flexibility index (Phi) is 9.66. The van der Waals surface area contributed by atoms with Crippen molar-refractivity contribution in [3.63, 3.8) is 0 Å². The lowest BCUT2D eigenvalue weighted by Crippen LogP contribution is -2.52. The van der Waals surface area contributed by atoms with Gasteiger partial charge in [-0.1, -0.05) is 73.1 Å². The lowest BCUT2D eigenvalue weighted by Gasteiger charge is -2.32. The van der Waals surface area contributed by atoms with Crippen LogP contribution in [0.1, 0.15) is 43.4 Å². The van der Waals surface area contributed by atoms with Gasteiger partial charge in [0.2, 0.25) is 11.8 Å². The Morgan fingerprint density at radius 2 is 1.66 bits per heavy atom. The van der Waals surface area contributed by atoms with Crippen LogP contribution in [0.4, 0.5) is 0 Å². The topological polar surface area (TPSA) is 67.9 Å². The number of halogens is 1. The molecular weight excluding hydrogens is 500 g/mol. The van der Waals surface area contributed by atoms with Gasteiger partial charge in [-0.2, -0.15) is 0 Å². The largest absolute Gasteiger partial charge is 0.486 e. The van der Waals surface area contributed by atoms with Crippen LogP contribution in [-0.4, -0.2) is 42.0 Å². The average Bonchev–Trinajstić information content (AvgIpc) is 2.94. The number of benzene rings is 3. The summed E-state index contributed by atoms with van der Waals surface area (Å²) >= 11 is 6.50. The first-order valence-corrected chi connectivity index (χ1v) is 13.6. The molecule has 2 atom stereocenters. The molecule has 1 N–H and O–H groups in total. The Balaban J connectivity index is 1.60. The minimum absolute atomic E-state index is 0.00393. The highest BCUT2D eigenvalue weighted by atomic mass is 35.5. The highest BCUT2D eigenvalue weighted by molar-refractivity contribution is 6.31. The van der Waals surface area contributed by atoms with E-state index in [0.29, 0.717) is 36.8 Å². The summed E-state index contributed by atoms with van der Waals surface area (Å²) in [7, 11) is 0. The molecule has 6 nitrogen and oxygen atoms in total. The SMILES string of the molecule is CC[C@@H](C)NC(=O)[C@@H](Cc1ccccc1)N(Cc1ccccc1Cl)C(=O)CCc1ccc2c(c1)OCCO2. The standard InChI is InChI=1S/C31H35ClN2O4/c1-3-22(2)33-31(36)27(19-23-9-5-4-6-10-23)34(21-25-11-7-8-12-26(25)32)30(35)16-14-24-13-15-28-29(20-24)38-18-17-37-28/h4-13,15,20,22,27H,3,14,16-19,21H2,1-2H3,(H,33,36)/t22-,27-/m1/s1. The van der Waals surface area contributed by atoms with Gasteiger partial charge in [-0.05, 0) is 54.7 Å². The summed E-state index contributed by atoms with van der Waals surface area (Å²) in [4.78, 5) is 29.1. The Hall–Kier alpha value is -3.51. The number of carbonyl (C=O) groups is 2. The Morgan fingerprint density at radius 3 is 2.39 bits per heavy atom. The molecule has 3 aromatic carbocycles. The van der Waals surface area contributed by atoms with Crippen molar-refractivity contribution < 1.29 is 19.1 Å². The molecular formula is C31H35ClN2O4. The summed E-state index contributed by atoms with van der Waals surface area (Å²) in [6, 6.07) is 22.3. The van der Waals surface area contributed by atoms with Crippen molar-refractivity contribution in [3.05, 3.63) is 94.5 Å². The van der Waals surface area contributed by atoms with E-state index in [2.05, 4.69) is 5.32 Å². The fourth-order valence-corrected chi connectivity index (χ4v) is 4.64. The number of nitrogens with zero attached hydrogens (tertiary/aromatic N) is 1. The van der Waals surface area contributed by atoms with Gasteiger partial charge >= 0.3 is 0 Å². The fourth-order valence-electron chi connectivity index (χ4n) is 4.44. The number of aryl methyl sites for hydroxylation is 1. The Labute approximate surface area is 229 Å². The van der Waals surface area contributed by atoms with Crippen LogP contribution < -0.4 is 14.8 Å². The predicted molar refractivity (Wildman–Crippen MR) is 150 cm³/mol. The number of rotatable bonds is 11. The number of fused-ring (bicyclic) bond motifs is 1. The third-order valence-electron chi connectivity index (χ3n) is 6.80. The van der Waals surface area contributed by atoms with Crippen LogP contribution in [0.5, 0.6) is 11.5 Å². The molecule has 7 heteroatoms. The molecule has 0 aliphatic carbocycles. The molecule has 0 radical (unpaired) electrons. The molecule has 1 aliphatic rings. The molecule has 0 aromatic heterocycles. The van der Waals surface area contributed by atoms with Gasteiger partial charge in [0.15, 0.2) is 11.5 Å². The third kappa shape index (κ3) is 7.29. The van der Waals surface area contributed by atoms with E-state index < -0.39 is 6.04 Å².